The van der Waals surface area contributed by atoms with Gasteiger partial charge in [0.25, 0.3) is 0 Å². The van der Waals surface area contributed by atoms with E-state index in [0.717, 1.165) is 30.6 Å². The van der Waals surface area contributed by atoms with E-state index in [1.807, 2.05) is 42.8 Å². The topological polar surface area (TPSA) is 45.5 Å². The summed E-state index contributed by atoms with van der Waals surface area (Å²) < 4.78 is 2.03. The minimum atomic E-state index is 0. The van der Waals surface area contributed by atoms with Gasteiger partial charge in [-0.15, -0.1) is 35.7 Å². The Hall–Kier alpha value is -1.22. The maximum Gasteiger partial charge on any atom is 0.194 e. The number of rotatable bonds is 5. The van der Waals surface area contributed by atoms with Gasteiger partial charge in [-0.1, -0.05) is 18.2 Å². The predicted molar refractivity (Wildman–Crippen MR) is 116 cm³/mol. The molecule has 2 aromatic rings. The lowest BCUT2D eigenvalue weighted by atomic mass is 10.2. The Bertz CT molecular complexity index is 673. The molecule has 0 saturated carbocycles. The van der Waals surface area contributed by atoms with E-state index in [1.165, 1.54) is 11.3 Å². The first-order valence-corrected chi connectivity index (χ1v) is 9.34. The molecule has 0 amide bonds. The number of hydrogen-bond acceptors (Lipinski definition) is 3. The molecule has 7 heteroatoms. The second kappa shape index (κ2) is 10.1. The van der Waals surface area contributed by atoms with Crippen LogP contribution in [0.1, 0.15) is 12.2 Å². The molecule has 1 aliphatic heterocycles. The highest BCUT2D eigenvalue weighted by Gasteiger charge is 2.24. The van der Waals surface area contributed by atoms with Gasteiger partial charge in [0.05, 0.1) is 6.54 Å². The molecule has 1 aromatic heterocycles. The molecule has 0 spiro atoms. The Balaban J connectivity index is 0.00000225. The van der Waals surface area contributed by atoms with E-state index in [4.69, 9.17) is 0 Å². The summed E-state index contributed by atoms with van der Waals surface area (Å²) in [5, 5.41) is 3.43. The number of thioether (sulfide) groups is 1. The SMILES string of the molecule is CN=C(NCc1nccn1C)N1CCC(CSc2ccccc2)C1.I. The predicted octanol–water partition coefficient (Wildman–Crippen LogP) is 3.23. The van der Waals surface area contributed by atoms with E-state index in [9.17, 15) is 0 Å². The smallest absolute Gasteiger partial charge is 0.194 e. The van der Waals surface area contributed by atoms with Crippen LogP contribution in [0.5, 0.6) is 0 Å². The zero-order valence-electron chi connectivity index (χ0n) is 14.8. The highest BCUT2D eigenvalue weighted by molar-refractivity contribution is 14.0. The van der Waals surface area contributed by atoms with Gasteiger partial charge in [0, 0.05) is 50.2 Å². The van der Waals surface area contributed by atoms with Crippen LogP contribution in [0.15, 0.2) is 52.6 Å². The highest BCUT2D eigenvalue weighted by Crippen LogP contribution is 2.25. The van der Waals surface area contributed by atoms with Crippen molar-refractivity contribution in [2.75, 3.05) is 25.9 Å². The number of imidazole rings is 1. The Morgan fingerprint density at radius 2 is 2.16 bits per heavy atom. The fourth-order valence-electron chi connectivity index (χ4n) is 2.95. The molecule has 1 fully saturated rings. The first-order chi connectivity index (χ1) is 11.8. The van der Waals surface area contributed by atoms with Gasteiger partial charge in [-0.05, 0) is 24.5 Å². The van der Waals surface area contributed by atoms with Crippen molar-refractivity contribution in [3.05, 3.63) is 48.5 Å². The monoisotopic (exact) mass is 471 g/mol. The molecule has 1 aliphatic rings. The van der Waals surface area contributed by atoms with Crippen molar-refractivity contribution in [3.63, 3.8) is 0 Å². The Morgan fingerprint density at radius 1 is 1.36 bits per heavy atom. The number of guanidine groups is 1. The molecule has 1 N–H and O–H groups in total. The quantitative estimate of drug-likeness (QED) is 0.315. The summed E-state index contributed by atoms with van der Waals surface area (Å²) in [5.74, 6) is 3.87. The molecule has 25 heavy (non-hydrogen) atoms. The second-order valence-electron chi connectivity index (χ2n) is 6.08. The van der Waals surface area contributed by atoms with Crippen molar-refractivity contribution in [3.8, 4) is 0 Å². The minimum Gasteiger partial charge on any atom is -0.349 e. The zero-order valence-corrected chi connectivity index (χ0v) is 17.9. The number of aromatic nitrogens is 2. The molecule has 1 unspecified atom stereocenters. The lowest BCUT2D eigenvalue weighted by Crippen LogP contribution is -2.40. The van der Waals surface area contributed by atoms with E-state index in [-0.39, 0.29) is 24.0 Å². The molecule has 1 atom stereocenters. The summed E-state index contributed by atoms with van der Waals surface area (Å²) in [5.41, 5.74) is 0. The van der Waals surface area contributed by atoms with Gasteiger partial charge in [0.15, 0.2) is 5.96 Å². The third-order valence-corrected chi connectivity index (χ3v) is 5.60. The number of nitrogens with zero attached hydrogens (tertiary/aromatic N) is 4. The molecule has 1 saturated heterocycles. The van der Waals surface area contributed by atoms with Crippen LogP contribution in [0, 0.1) is 5.92 Å². The van der Waals surface area contributed by atoms with Crippen molar-refractivity contribution in [2.24, 2.45) is 18.0 Å². The fourth-order valence-corrected chi connectivity index (χ4v) is 4.00. The number of aryl methyl sites for hydroxylation is 1. The normalized spacial score (nSPS) is 17.4. The summed E-state index contributed by atoms with van der Waals surface area (Å²) >= 11 is 1.95. The Kier molecular flexibility index (Phi) is 8.08. The van der Waals surface area contributed by atoms with Crippen molar-refractivity contribution in [2.45, 2.75) is 17.9 Å². The lowest BCUT2D eigenvalue weighted by Gasteiger charge is -2.21. The first-order valence-electron chi connectivity index (χ1n) is 8.36. The zero-order chi connectivity index (χ0) is 16.8. The van der Waals surface area contributed by atoms with Gasteiger partial charge >= 0.3 is 0 Å². The van der Waals surface area contributed by atoms with Crippen LogP contribution in [-0.2, 0) is 13.6 Å². The molecule has 1 aromatic carbocycles. The minimum absolute atomic E-state index is 0. The Labute approximate surface area is 171 Å². The van der Waals surface area contributed by atoms with Gasteiger partial charge in [-0.3, -0.25) is 4.99 Å². The molecular weight excluding hydrogens is 445 g/mol. The van der Waals surface area contributed by atoms with Crippen molar-refractivity contribution in [1.29, 1.82) is 0 Å². The van der Waals surface area contributed by atoms with Crippen LogP contribution in [0.3, 0.4) is 0 Å². The van der Waals surface area contributed by atoms with Gasteiger partial charge in [0.1, 0.15) is 5.82 Å². The summed E-state index contributed by atoms with van der Waals surface area (Å²) in [6, 6.07) is 10.6. The number of benzene rings is 1. The summed E-state index contributed by atoms with van der Waals surface area (Å²) in [6.45, 7) is 2.84. The van der Waals surface area contributed by atoms with Crippen LogP contribution < -0.4 is 5.32 Å². The van der Waals surface area contributed by atoms with Gasteiger partial charge in [-0.2, -0.15) is 0 Å². The molecule has 0 radical (unpaired) electrons. The largest absolute Gasteiger partial charge is 0.349 e. The van der Waals surface area contributed by atoms with Gasteiger partial charge in [-0.25, -0.2) is 4.98 Å². The van der Waals surface area contributed by atoms with E-state index in [0.29, 0.717) is 12.5 Å². The molecule has 0 aliphatic carbocycles. The number of likely N-dealkylation sites (tertiary alicyclic amines) is 1. The van der Waals surface area contributed by atoms with Crippen molar-refractivity contribution >= 4 is 41.7 Å². The lowest BCUT2D eigenvalue weighted by molar-refractivity contribution is 0.472. The number of aliphatic imine (C=N–C) groups is 1. The molecule has 136 valence electrons. The van der Waals surface area contributed by atoms with E-state index < -0.39 is 0 Å². The summed E-state index contributed by atoms with van der Waals surface area (Å²) in [4.78, 5) is 12.5. The van der Waals surface area contributed by atoms with E-state index >= 15 is 0 Å². The number of halogens is 1. The third-order valence-electron chi connectivity index (χ3n) is 4.35. The molecular formula is C18H26IN5S. The molecule has 0 bridgehead atoms. The van der Waals surface area contributed by atoms with Crippen LogP contribution >= 0.6 is 35.7 Å². The van der Waals surface area contributed by atoms with Crippen LogP contribution in [0.4, 0.5) is 0 Å². The Morgan fingerprint density at radius 3 is 2.84 bits per heavy atom. The van der Waals surface area contributed by atoms with Gasteiger partial charge in [0.2, 0.25) is 0 Å². The average molecular weight is 471 g/mol. The number of hydrogen-bond donors (Lipinski definition) is 1. The summed E-state index contributed by atoms with van der Waals surface area (Å²) in [7, 11) is 3.87. The van der Waals surface area contributed by atoms with Crippen molar-refractivity contribution in [1.82, 2.24) is 19.8 Å². The van der Waals surface area contributed by atoms with Gasteiger partial charge < -0.3 is 14.8 Å². The number of nitrogens with one attached hydrogen (secondary N) is 1. The first kappa shape index (κ1) is 20.1. The van der Waals surface area contributed by atoms with E-state index in [2.05, 4.69) is 50.5 Å². The second-order valence-corrected chi connectivity index (χ2v) is 7.17. The van der Waals surface area contributed by atoms with Crippen molar-refractivity contribution < 1.29 is 0 Å². The third kappa shape index (κ3) is 5.64. The molecule has 2 heterocycles. The average Bonchev–Trinajstić information content (AvgIpc) is 3.24. The van der Waals surface area contributed by atoms with E-state index in [1.54, 1.807) is 0 Å². The molecule has 3 rings (SSSR count). The maximum atomic E-state index is 4.44. The van der Waals surface area contributed by atoms with Crippen LogP contribution in [0.2, 0.25) is 0 Å². The maximum absolute atomic E-state index is 4.44. The van der Waals surface area contributed by atoms with Crippen LogP contribution in [0.25, 0.3) is 0 Å². The highest BCUT2D eigenvalue weighted by atomic mass is 127. The molecule has 5 nitrogen and oxygen atoms in total. The standard InChI is InChI=1S/C18H25N5S.HI/c1-19-18(21-12-17-20-9-11-22(17)2)23-10-8-15(13-23)14-24-16-6-4-3-5-7-16;/h3-7,9,11,15H,8,10,12-14H2,1-2H3,(H,19,21);1H. The fraction of sp³-hybridized carbons (Fsp3) is 0.444. The summed E-state index contributed by atoms with van der Waals surface area (Å²) in [6.07, 6.45) is 5.02. The van der Waals surface area contributed by atoms with Crippen LogP contribution in [-0.4, -0.2) is 46.3 Å².